The lowest BCUT2D eigenvalue weighted by atomic mass is 10.1. The molecule has 4 aromatic rings. The van der Waals surface area contributed by atoms with Crippen LogP contribution in [0.1, 0.15) is 17.4 Å². The lowest BCUT2D eigenvalue weighted by molar-refractivity contribution is 0.102. The van der Waals surface area contributed by atoms with Gasteiger partial charge in [-0.25, -0.2) is 4.98 Å². The van der Waals surface area contributed by atoms with Crippen molar-refractivity contribution >= 4 is 22.9 Å². The zero-order valence-electron chi connectivity index (χ0n) is 15.2. The van der Waals surface area contributed by atoms with Crippen LogP contribution in [0.2, 0.25) is 0 Å². The summed E-state index contributed by atoms with van der Waals surface area (Å²) in [7, 11) is 0. The van der Waals surface area contributed by atoms with Gasteiger partial charge in [0.1, 0.15) is 16.5 Å². The zero-order valence-corrected chi connectivity index (χ0v) is 16.0. The van der Waals surface area contributed by atoms with E-state index in [1.165, 1.54) is 11.3 Å². The molecule has 0 bridgehead atoms. The Kier molecular flexibility index (Phi) is 5.16. The number of nitrogens with one attached hydrogen (secondary N) is 2. The first-order valence-electron chi connectivity index (χ1n) is 8.83. The van der Waals surface area contributed by atoms with Gasteiger partial charge in [-0.3, -0.25) is 9.89 Å². The van der Waals surface area contributed by atoms with E-state index in [9.17, 15) is 4.79 Å². The fourth-order valence-electron chi connectivity index (χ4n) is 2.75. The Morgan fingerprint density at radius 2 is 2.00 bits per heavy atom. The van der Waals surface area contributed by atoms with Gasteiger partial charge < -0.3 is 10.1 Å². The number of aromatic amines is 1. The van der Waals surface area contributed by atoms with Gasteiger partial charge in [0.2, 0.25) is 0 Å². The molecule has 6 nitrogen and oxygen atoms in total. The van der Waals surface area contributed by atoms with Crippen LogP contribution >= 0.6 is 11.3 Å². The van der Waals surface area contributed by atoms with Gasteiger partial charge in [-0.15, -0.1) is 11.3 Å². The second kappa shape index (κ2) is 8.06. The van der Waals surface area contributed by atoms with E-state index >= 15 is 0 Å². The van der Waals surface area contributed by atoms with Gasteiger partial charge >= 0.3 is 0 Å². The molecular weight excluding hydrogens is 372 g/mol. The Hall–Kier alpha value is -3.45. The molecule has 2 N–H and O–H groups in total. The number of carbonyl (C=O) groups excluding carboxylic acids is 1. The summed E-state index contributed by atoms with van der Waals surface area (Å²) in [5.41, 5.74) is 3.88. The average Bonchev–Trinajstić information content (AvgIpc) is 3.42. The van der Waals surface area contributed by atoms with Crippen LogP contribution in [0, 0.1) is 0 Å². The number of hydrogen-bond acceptors (Lipinski definition) is 5. The SMILES string of the molecule is CCOc1ccc(-c2nc(C(=O)Nc3cccc(-c4ccn[nH]4)c3)cs2)cc1. The number of rotatable bonds is 6. The van der Waals surface area contributed by atoms with Crippen molar-refractivity contribution in [3.05, 3.63) is 71.9 Å². The van der Waals surface area contributed by atoms with Crippen LogP contribution in [0.3, 0.4) is 0 Å². The quantitative estimate of drug-likeness (QED) is 0.493. The minimum Gasteiger partial charge on any atom is -0.494 e. The molecule has 2 aromatic heterocycles. The van der Waals surface area contributed by atoms with Crippen molar-refractivity contribution < 1.29 is 9.53 Å². The highest BCUT2D eigenvalue weighted by Gasteiger charge is 2.13. The molecular formula is C21H18N4O2S. The van der Waals surface area contributed by atoms with E-state index in [2.05, 4.69) is 20.5 Å². The Bertz CT molecular complexity index is 1070. The molecule has 2 aromatic carbocycles. The van der Waals surface area contributed by atoms with E-state index in [-0.39, 0.29) is 5.91 Å². The maximum Gasteiger partial charge on any atom is 0.275 e. The lowest BCUT2D eigenvalue weighted by Gasteiger charge is -2.05. The molecule has 0 saturated carbocycles. The molecule has 7 heteroatoms. The fourth-order valence-corrected chi connectivity index (χ4v) is 3.55. The molecule has 28 heavy (non-hydrogen) atoms. The van der Waals surface area contributed by atoms with Gasteiger partial charge in [0.15, 0.2) is 0 Å². The average molecular weight is 390 g/mol. The number of hydrogen-bond donors (Lipinski definition) is 2. The molecule has 0 radical (unpaired) electrons. The van der Waals surface area contributed by atoms with Crippen LogP contribution in [-0.2, 0) is 0 Å². The van der Waals surface area contributed by atoms with Gasteiger partial charge in [0.25, 0.3) is 5.91 Å². The highest BCUT2D eigenvalue weighted by Crippen LogP contribution is 2.26. The van der Waals surface area contributed by atoms with Gasteiger partial charge in [-0.2, -0.15) is 5.10 Å². The van der Waals surface area contributed by atoms with E-state index in [1.807, 2.05) is 61.5 Å². The molecule has 0 aliphatic rings. The second-order valence-electron chi connectivity index (χ2n) is 6.00. The fraction of sp³-hybridized carbons (Fsp3) is 0.0952. The second-order valence-corrected chi connectivity index (χ2v) is 6.86. The molecule has 0 spiro atoms. The van der Waals surface area contributed by atoms with Crippen molar-refractivity contribution in [1.29, 1.82) is 0 Å². The first-order valence-corrected chi connectivity index (χ1v) is 9.71. The molecule has 0 unspecified atom stereocenters. The van der Waals surface area contributed by atoms with Gasteiger partial charge in [0.05, 0.1) is 12.3 Å². The number of anilines is 1. The summed E-state index contributed by atoms with van der Waals surface area (Å²) >= 11 is 1.44. The minimum atomic E-state index is -0.241. The predicted octanol–water partition coefficient (Wildman–Crippen LogP) is 4.85. The van der Waals surface area contributed by atoms with Crippen LogP contribution in [0.15, 0.2) is 66.2 Å². The Balaban J connectivity index is 1.48. The first-order chi connectivity index (χ1) is 13.7. The molecule has 0 aliphatic carbocycles. The maximum absolute atomic E-state index is 12.6. The van der Waals surface area contributed by atoms with Crippen molar-refractivity contribution in [3.8, 4) is 27.6 Å². The van der Waals surface area contributed by atoms with Crippen molar-refractivity contribution in [3.63, 3.8) is 0 Å². The topological polar surface area (TPSA) is 79.9 Å². The Morgan fingerprint density at radius 1 is 1.14 bits per heavy atom. The summed E-state index contributed by atoms with van der Waals surface area (Å²) in [5, 5.41) is 12.3. The van der Waals surface area contributed by atoms with Crippen LogP contribution in [0.25, 0.3) is 21.8 Å². The highest BCUT2D eigenvalue weighted by molar-refractivity contribution is 7.13. The van der Waals surface area contributed by atoms with Gasteiger partial charge in [-0.05, 0) is 49.4 Å². The molecule has 0 aliphatic heterocycles. The first kappa shape index (κ1) is 17.9. The van der Waals surface area contributed by atoms with Crippen LogP contribution in [-0.4, -0.2) is 27.7 Å². The molecule has 4 rings (SSSR count). The van der Waals surface area contributed by atoms with E-state index in [0.29, 0.717) is 18.0 Å². The summed E-state index contributed by atoms with van der Waals surface area (Å²) in [4.78, 5) is 17.1. The van der Waals surface area contributed by atoms with Crippen molar-refractivity contribution in [1.82, 2.24) is 15.2 Å². The standard InChI is InChI=1S/C21H18N4O2S/c1-2-27-17-8-6-14(7-9-17)21-24-19(13-28-21)20(26)23-16-5-3-4-15(12-16)18-10-11-22-25-18/h3-13H,2H2,1H3,(H,22,25)(H,23,26). The number of aromatic nitrogens is 3. The van der Waals surface area contributed by atoms with Crippen LogP contribution in [0.5, 0.6) is 5.75 Å². The number of nitrogens with zero attached hydrogens (tertiary/aromatic N) is 2. The summed E-state index contributed by atoms with van der Waals surface area (Å²) in [5.74, 6) is 0.577. The lowest BCUT2D eigenvalue weighted by Crippen LogP contribution is -2.12. The largest absolute Gasteiger partial charge is 0.494 e. The summed E-state index contributed by atoms with van der Waals surface area (Å²) in [6, 6.07) is 17.2. The molecule has 1 amide bonds. The molecule has 0 atom stereocenters. The molecule has 2 heterocycles. The number of H-pyrrole nitrogens is 1. The summed E-state index contributed by atoms with van der Waals surface area (Å²) in [6.07, 6.45) is 1.69. The molecule has 0 saturated heterocycles. The Labute approximate surface area is 166 Å². The monoisotopic (exact) mass is 390 g/mol. The number of amides is 1. The highest BCUT2D eigenvalue weighted by atomic mass is 32.1. The van der Waals surface area contributed by atoms with E-state index in [0.717, 1.165) is 27.6 Å². The van der Waals surface area contributed by atoms with Crippen LogP contribution < -0.4 is 10.1 Å². The molecule has 0 fully saturated rings. The predicted molar refractivity (Wildman–Crippen MR) is 111 cm³/mol. The number of thiazole rings is 1. The molecule has 140 valence electrons. The van der Waals surface area contributed by atoms with Gasteiger partial charge in [-0.1, -0.05) is 12.1 Å². The van der Waals surface area contributed by atoms with Crippen molar-refractivity contribution in [2.75, 3.05) is 11.9 Å². The Morgan fingerprint density at radius 3 is 2.75 bits per heavy atom. The number of ether oxygens (including phenoxy) is 1. The third-order valence-electron chi connectivity index (χ3n) is 4.08. The maximum atomic E-state index is 12.6. The van der Waals surface area contributed by atoms with E-state index in [4.69, 9.17) is 4.74 Å². The van der Waals surface area contributed by atoms with Gasteiger partial charge in [0, 0.05) is 28.4 Å². The smallest absolute Gasteiger partial charge is 0.275 e. The van der Waals surface area contributed by atoms with Crippen molar-refractivity contribution in [2.45, 2.75) is 6.92 Å². The van der Waals surface area contributed by atoms with Crippen molar-refractivity contribution in [2.24, 2.45) is 0 Å². The summed E-state index contributed by atoms with van der Waals surface area (Å²) in [6.45, 7) is 2.58. The summed E-state index contributed by atoms with van der Waals surface area (Å²) < 4.78 is 5.46. The third-order valence-corrected chi connectivity index (χ3v) is 4.97. The van der Waals surface area contributed by atoms with E-state index < -0.39 is 0 Å². The minimum absolute atomic E-state index is 0.241. The number of carbonyl (C=O) groups is 1. The third kappa shape index (κ3) is 3.94. The number of benzene rings is 2. The normalized spacial score (nSPS) is 10.6. The van der Waals surface area contributed by atoms with Crippen LogP contribution in [0.4, 0.5) is 5.69 Å². The zero-order chi connectivity index (χ0) is 19.3. The van der Waals surface area contributed by atoms with E-state index in [1.54, 1.807) is 11.6 Å².